The second kappa shape index (κ2) is 5.09. The number of likely N-dealkylation sites (N-methyl/N-ethyl adjacent to an activating group) is 1. The number of benzene rings is 1. The van der Waals surface area contributed by atoms with Crippen molar-refractivity contribution in [2.75, 3.05) is 18.4 Å². The Morgan fingerprint density at radius 3 is 2.79 bits per heavy atom. The number of amides is 2. The molecular weight excluding hydrogens is 248 g/mol. The Balaban J connectivity index is 2.22. The fourth-order valence-corrected chi connectivity index (χ4v) is 2.04. The molecule has 2 N–H and O–H groups in total. The fourth-order valence-electron chi connectivity index (χ4n) is 2.04. The Bertz CT molecular complexity index is 554. The summed E-state index contributed by atoms with van der Waals surface area (Å²) >= 11 is 0. The highest BCUT2D eigenvalue weighted by molar-refractivity contribution is 6.02. The van der Waals surface area contributed by atoms with Crippen LogP contribution in [0.4, 0.5) is 5.69 Å². The van der Waals surface area contributed by atoms with Crippen LogP contribution in [0.15, 0.2) is 18.2 Å². The van der Waals surface area contributed by atoms with E-state index in [0.717, 1.165) is 5.56 Å². The second-order valence-corrected chi connectivity index (χ2v) is 4.31. The molecule has 1 aromatic rings. The molecule has 1 aromatic carbocycles. The van der Waals surface area contributed by atoms with Crippen molar-refractivity contribution in [3.05, 3.63) is 29.3 Å². The molecule has 1 aliphatic heterocycles. The standard InChI is InChI=1S/C13H14N2O4/c1-2-15(7-12(17)18)13(19)8-3-4-10-9(5-8)6-11(16)14-10/h3-5H,2,6-7H2,1H3,(H,14,16)(H,17,18). The van der Waals surface area contributed by atoms with E-state index < -0.39 is 5.97 Å². The van der Waals surface area contributed by atoms with E-state index in [4.69, 9.17) is 5.11 Å². The molecule has 2 rings (SSSR count). The van der Waals surface area contributed by atoms with Gasteiger partial charge in [0.1, 0.15) is 6.54 Å². The normalized spacial score (nSPS) is 12.8. The number of rotatable bonds is 4. The predicted molar refractivity (Wildman–Crippen MR) is 68.0 cm³/mol. The maximum Gasteiger partial charge on any atom is 0.323 e. The Morgan fingerprint density at radius 2 is 2.16 bits per heavy atom. The molecule has 19 heavy (non-hydrogen) atoms. The van der Waals surface area contributed by atoms with Gasteiger partial charge in [0, 0.05) is 17.8 Å². The number of nitrogens with zero attached hydrogens (tertiary/aromatic N) is 1. The average molecular weight is 262 g/mol. The second-order valence-electron chi connectivity index (χ2n) is 4.31. The number of hydrogen-bond acceptors (Lipinski definition) is 3. The Labute approximate surface area is 110 Å². The van der Waals surface area contributed by atoms with Crippen molar-refractivity contribution in [2.24, 2.45) is 0 Å². The van der Waals surface area contributed by atoms with Gasteiger partial charge in [-0.1, -0.05) is 0 Å². The largest absolute Gasteiger partial charge is 0.480 e. The topological polar surface area (TPSA) is 86.7 Å². The number of carbonyl (C=O) groups is 3. The van der Waals surface area contributed by atoms with Gasteiger partial charge in [-0.05, 0) is 30.7 Å². The van der Waals surface area contributed by atoms with Crippen molar-refractivity contribution < 1.29 is 19.5 Å². The maximum absolute atomic E-state index is 12.2. The van der Waals surface area contributed by atoms with Crippen LogP contribution in [-0.2, 0) is 16.0 Å². The lowest BCUT2D eigenvalue weighted by atomic mass is 10.1. The van der Waals surface area contributed by atoms with Crippen molar-refractivity contribution in [1.29, 1.82) is 0 Å². The quantitative estimate of drug-likeness (QED) is 0.837. The summed E-state index contributed by atoms with van der Waals surface area (Å²) in [6.07, 6.45) is 0.251. The summed E-state index contributed by atoms with van der Waals surface area (Å²) in [5, 5.41) is 11.4. The molecule has 0 aliphatic carbocycles. The first-order valence-corrected chi connectivity index (χ1v) is 5.95. The number of carboxylic acid groups (broad SMARTS) is 1. The van der Waals surface area contributed by atoms with E-state index in [2.05, 4.69) is 5.32 Å². The third kappa shape index (κ3) is 2.73. The summed E-state index contributed by atoms with van der Waals surface area (Å²) in [6, 6.07) is 4.90. The first-order chi connectivity index (χ1) is 9.01. The van der Waals surface area contributed by atoms with Gasteiger partial charge in [-0.15, -0.1) is 0 Å². The van der Waals surface area contributed by atoms with Crippen molar-refractivity contribution in [3.63, 3.8) is 0 Å². The molecule has 2 amide bonds. The maximum atomic E-state index is 12.2. The molecule has 1 aliphatic rings. The van der Waals surface area contributed by atoms with Crippen molar-refractivity contribution >= 4 is 23.5 Å². The minimum absolute atomic E-state index is 0.0996. The minimum Gasteiger partial charge on any atom is -0.480 e. The van der Waals surface area contributed by atoms with E-state index in [0.29, 0.717) is 17.8 Å². The van der Waals surface area contributed by atoms with Crippen LogP contribution in [0.1, 0.15) is 22.8 Å². The molecule has 0 aromatic heterocycles. The molecule has 0 bridgehead atoms. The van der Waals surface area contributed by atoms with Crippen LogP contribution in [0.5, 0.6) is 0 Å². The zero-order valence-corrected chi connectivity index (χ0v) is 10.5. The smallest absolute Gasteiger partial charge is 0.323 e. The van der Waals surface area contributed by atoms with Crippen LogP contribution >= 0.6 is 0 Å². The van der Waals surface area contributed by atoms with Crippen LogP contribution in [0.25, 0.3) is 0 Å². The van der Waals surface area contributed by atoms with E-state index in [9.17, 15) is 14.4 Å². The molecule has 0 saturated carbocycles. The summed E-state index contributed by atoms with van der Waals surface area (Å²) in [4.78, 5) is 35.3. The number of carbonyl (C=O) groups excluding carboxylic acids is 2. The number of aliphatic carboxylic acids is 1. The van der Waals surface area contributed by atoms with E-state index in [1.165, 1.54) is 4.90 Å². The zero-order valence-electron chi connectivity index (χ0n) is 10.5. The molecule has 0 atom stereocenters. The summed E-state index contributed by atoms with van der Waals surface area (Å²) < 4.78 is 0. The highest BCUT2D eigenvalue weighted by Gasteiger charge is 2.21. The van der Waals surface area contributed by atoms with E-state index in [1.54, 1.807) is 25.1 Å². The lowest BCUT2D eigenvalue weighted by Gasteiger charge is -2.18. The molecule has 0 spiro atoms. The number of fused-ring (bicyclic) bond motifs is 1. The number of nitrogens with one attached hydrogen (secondary N) is 1. The summed E-state index contributed by atoms with van der Waals surface area (Å²) in [5.74, 6) is -1.49. The SMILES string of the molecule is CCN(CC(=O)O)C(=O)c1ccc2c(c1)CC(=O)N2. The number of carboxylic acids is 1. The molecule has 0 radical (unpaired) electrons. The molecular formula is C13H14N2O4. The van der Waals surface area contributed by atoms with Gasteiger partial charge in [0.2, 0.25) is 5.91 Å². The minimum atomic E-state index is -1.05. The Hall–Kier alpha value is -2.37. The molecule has 0 unspecified atom stereocenters. The summed E-state index contributed by atoms with van der Waals surface area (Å²) in [7, 11) is 0. The third-order valence-electron chi connectivity index (χ3n) is 2.97. The van der Waals surface area contributed by atoms with Gasteiger partial charge in [0.05, 0.1) is 6.42 Å². The van der Waals surface area contributed by atoms with Crippen LogP contribution in [-0.4, -0.2) is 40.9 Å². The van der Waals surface area contributed by atoms with E-state index in [1.807, 2.05) is 0 Å². The van der Waals surface area contributed by atoms with E-state index in [-0.39, 0.29) is 24.8 Å². The van der Waals surface area contributed by atoms with Gasteiger partial charge < -0.3 is 15.3 Å². The van der Waals surface area contributed by atoms with Crippen LogP contribution in [0.3, 0.4) is 0 Å². The first kappa shape index (κ1) is 13.1. The van der Waals surface area contributed by atoms with Crippen LogP contribution in [0, 0.1) is 0 Å². The third-order valence-corrected chi connectivity index (χ3v) is 2.97. The van der Waals surface area contributed by atoms with Crippen molar-refractivity contribution in [3.8, 4) is 0 Å². The number of hydrogen-bond donors (Lipinski definition) is 2. The average Bonchev–Trinajstić information content (AvgIpc) is 2.73. The van der Waals surface area contributed by atoms with E-state index >= 15 is 0 Å². The highest BCUT2D eigenvalue weighted by atomic mass is 16.4. The van der Waals surface area contributed by atoms with Crippen LogP contribution in [0.2, 0.25) is 0 Å². The van der Waals surface area contributed by atoms with Gasteiger partial charge in [-0.2, -0.15) is 0 Å². The molecule has 0 fully saturated rings. The molecule has 100 valence electrons. The highest BCUT2D eigenvalue weighted by Crippen LogP contribution is 2.24. The zero-order chi connectivity index (χ0) is 14.0. The van der Waals surface area contributed by atoms with Gasteiger partial charge in [-0.25, -0.2) is 0 Å². The lowest BCUT2D eigenvalue weighted by molar-refractivity contribution is -0.137. The number of anilines is 1. The predicted octanol–water partition coefficient (Wildman–Crippen LogP) is 0.728. The van der Waals surface area contributed by atoms with Crippen molar-refractivity contribution in [2.45, 2.75) is 13.3 Å². The first-order valence-electron chi connectivity index (χ1n) is 5.95. The fraction of sp³-hybridized carbons (Fsp3) is 0.308. The van der Waals surface area contributed by atoms with Crippen molar-refractivity contribution in [1.82, 2.24) is 4.90 Å². The molecule has 6 nitrogen and oxygen atoms in total. The molecule has 6 heteroatoms. The Morgan fingerprint density at radius 1 is 1.42 bits per heavy atom. The molecule has 1 heterocycles. The molecule has 0 saturated heterocycles. The van der Waals surface area contributed by atoms with Gasteiger partial charge >= 0.3 is 5.97 Å². The summed E-state index contributed by atoms with van der Waals surface area (Å²) in [5.41, 5.74) is 1.88. The van der Waals surface area contributed by atoms with Crippen LogP contribution < -0.4 is 5.32 Å². The Kier molecular flexibility index (Phi) is 3.50. The van der Waals surface area contributed by atoms with Gasteiger partial charge in [-0.3, -0.25) is 14.4 Å². The lowest BCUT2D eigenvalue weighted by Crippen LogP contribution is -2.35. The summed E-state index contributed by atoms with van der Waals surface area (Å²) in [6.45, 7) is 1.71. The van der Waals surface area contributed by atoms with Gasteiger partial charge in [0.15, 0.2) is 0 Å². The monoisotopic (exact) mass is 262 g/mol. The van der Waals surface area contributed by atoms with Gasteiger partial charge in [0.25, 0.3) is 5.91 Å².